The highest BCUT2D eigenvalue weighted by Gasteiger charge is 2.21. The molecule has 0 amide bonds. The van der Waals surface area contributed by atoms with Crippen molar-refractivity contribution in [1.82, 2.24) is 15.3 Å². The second kappa shape index (κ2) is 4.57. The fourth-order valence-corrected chi connectivity index (χ4v) is 2.47. The lowest BCUT2D eigenvalue weighted by Crippen LogP contribution is -2.44. The van der Waals surface area contributed by atoms with Gasteiger partial charge in [0.15, 0.2) is 0 Å². The van der Waals surface area contributed by atoms with Crippen LogP contribution in [0.25, 0.3) is 0 Å². The zero-order chi connectivity index (χ0) is 12.5. The van der Waals surface area contributed by atoms with Crippen molar-refractivity contribution in [2.45, 2.75) is 12.8 Å². The first kappa shape index (κ1) is 11.5. The van der Waals surface area contributed by atoms with E-state index in [9.17, 15) is 0 Å². The Bertz CT molecular complexity index is 464. The predicted octanol–water partition coefficient (Wildman–Crippen LogP) is 0.782. The Morgan fingerprint density at radius 1 is 1.28 bits per heavy atom. The van der Waals surface area contributed by atoms with Gasteiger partial charge in [0.05, 0.1) is 0 Å². The molecule has 3 heterocycles. The van der Waals surface area contributed by atoms with E-state index >= 15 is 0 Å². The van der Waals surface area contributed by atoms with Crippen LogP contribution in [0.15, 0.2) is 18.5 Å². The molecule has 0 aliphatic carbocycles. The molecule has 2 aliphatic rings. The van der Waals surface area contributed by atoms with Crippen molar-refractivity contribution >= 4 is 11.8 Å². The second-order valence-electron chi connectivity index (χ2n) is 4.88. The summed E-state index contributed by atoms with van der Waals surface area (Å²) in [6.07, 6.45) is 3.98. The van der Waals surface area contributed by atoms with Gasteiger partial charge in [-0.3, -0.25) is 0 Å². The molecule has 1 saturated heterocycles. The van der Waals surface area contributed by atoms with Crippen LogP contribution in [-0.2, 0) is 6.42 Å². The summed E-state index contributed by atoms with van der Waals surface area (Å²) < 4.78 is 0. The van der Waals surface area contributed by atoms with Gasteiger partial charge in [-0.15, -0.1) is 0 Å². The van der Waals surface area contributed by atoms with E-state index in [1.165, 1.54) is 5.56 Å². The minimum Gasteiger partial charge on any atom is -0.338 e. The van der Waals surface area contributed by atoms with Gasteiger partial charge in [0.1, 0.15) is 5.82 Å². The number of hydrogen-bond donors (Lipinski definition) is 1. The van der Waals surface area contributed by atoms with Crippen molar-refractivity contribution < 1.29 is 0 Å². The van der Waals surface area contributed by atoms with Crippen LogP contribution >= 0.6 is 0 Å². The predicted molar refractivity (Wildman–Crippen MR) is 73.0 cm³/mol. The van der Waals surface area contributed by atoms with Gasteiger partial charge in [-0.2, -0.15) is 4.98 Å². The Hall–Kier alpha value is -1.62. The largest absolute Gasteiger partial charge is 0.338 e. The van der Waals surface area contributed by atoms with Crippen molar-refractivity contribution in [2.24, 2.45) is 0 Å². The first-order chi connectivity index (χ1) is 8.75. The number of allylic oxidation sites excluding steroid dienone is 1. The minimum atomic E-state index is 0.844. The SMILES string of the molecule is C=C1CCc2cnc(N3CCNCC3)nc2N1C. The third-order valence-corrected chi connectivity index (χ3v) is 3.70. The molecule has 1 aromatic rings. The molecule has 0 radical (unpaired) electrons. The number of fused-ring (bicyclic) bond motifs is 1. The number of piperazine rings is 1. The van der Waals surface area contributed by atoms with Crippen LogP contribution in [0.5, 0.6) is 0 Å². The van der Waals surface area contributed by atoms with E-state index in [1.807, 2.05) is 13.2 Å². The Balaban J connectivity index is 1.91. The number of hydrogen-bond acceptors (Lipinski definition) is 5. The van der Waals surface area contributed by atoms with Crippen LogP contribution in [0, 0.1) is 0 Å². The van der Waals surface area contributed by atoms with Gasteiger partial charge < -0.3 is 15.1 Å². The van der Waals surface area contributed by atoms with Crippen LogP contribution in [0.2, 0.25) is 0 Å². The standard InChI is InChI=1S/C13H19N5/c1-10-3-4-11-9-15-13(16-12(11)17(10)2)18-7-5-14-6-8-18/h9,14H,1,3-8H2,2H3. The summed E-state index contributed by atoms with van der Waals surface area (Å²) in [5, 5.41) is 3.34. The lowest BCUT2D eigenvalue weighted by atomic mass is 10.1. The third kappa shape index (κ3) is 1.95. The van der Waals surface area contributed by atoms with Crippen LogP contribution in [0.4, 0.5) is 11.8 Å². The molecule has 0 atom stereocenters. The van der Waals surface area contributed by atoms with Crippen molar-refractivity contribution in [3.63, 3.8) is 0 Å². The topological polar surface area (TPSA) is 44.3 Å². The molecule has 5 heteroatoms. The summed E-state index contributed by atoms with van der Waals surface area (Å²) in [6, 6.07) is 0. The normalized spacial score (nSPS) is 19.9. The van der Waals surface area contributed by atoms with Crippen molar-refractivity contribution in [2.75, 3.05) is 43.0 Å². The lowest BCUT2D eigenvalue weighted by Gasteiger charge is -2.31. The molecule has 18 heavy (non-hydrogen) atoms. The van der Waals surface area contributed by atoms with Gasteiger partial charge >= 0.3 is 0 Å². The highest BCUT2D eigenvalue weighted by molar-refractivity contribution is 5.56. The van der Waals surface area contributed by atoms with Gasteiger partial charge in [-0.1, -0.05) is 6.58 Å². The molecule has 96 valence electrons. The molecule has 1 N–H and O–H groups in total. The Kier molecular flexibility index (Phi) is 2.91. The van der Waals surface area contributed by atoms with Gasteiger partial charge in [0.25, 0.3) is 0 Å². The fraction of sp³-hybridized carbons (Fsp3) is 0.538. The Morgan fingerprint density at radius 3 is 2.83 bits per heavy atom. The van der Waals surface area contributed by atoms with Crippen molar-refractivity contribution in [3.05, 3.63) is 24.0 Å². The van der Waals surface area contributed by atoms with E-state index in [0.29, 0.717) is 0 Å². The van der Waals surface area contributed by atoms with Crippen LogP contribution in [-0.4, -0.2) is 43.2 Å². The number of nitrogens with one attached hydrogen (secondary N) is 1. The number of anilines is 2. The third-order valence-electron chi connectivity index (χ3n) is 3.70. The van der Waals surface area contributed by atoms with Gasteiger partial charge in [-0.25, -0.2) is 4.98 Å². The summed E-state index contributed by atoms with van der Waals surface area (Å²) >= 11 is 0. The molecule has 3 rings (SSSR count). The van der Waals surface area contributed by atoms with E-state index in [4.69, 9.17) is 4.98 Å². The minimum absolute atomic E-state index is 0.844. The molecular weight excluding hydrogens is 226 g/mol. The van der Waals surface area contributed by atoms with E-state index in [1.54, 1.807) is 0 Å². The smallest absolute Gasteiger partial charge is 0.227 e. The van der Waals surface area contributed by atoms with E-state index < -0.39 is 0 Å². The summed E-state index contributed by atoms with van der Waals surface area (Å²) in [5.74, 6) is 1.87. The number of aromatic nitrogens is 2. The molecule has 0 saturated carbocycles. The first-order valence-electron chi connectivity index (χ1n) is 6.49. The second-order valence-corrected chi connectivity index (χ2v) is 4.88. The van der Waals surface area contributed by atoms with Crippen LogP contribution in [0.1, 0.15) is 12.0 Å². The number of aryl methyl sites for hydroxylation is 1. The maximum absolute atomic E-state index is 4.72. The maximum Gasteiger partial charge on any atom is 0.227 e. The average molecular weight is 245 g/mol. The first-order valence-corrected chi connectivity index (χ1v) is 6.49. The molecule has 0 spiro atoms. The van der Waals surface area contributed by atoms with E-state index in [-0.39, 0.29) is 0 Å². The summed E-state index contributed by atoms with van der Waals surface area (Å²) in [4.78, 5) is 13.6. The van der Waals surface area contributed by atoms with Crippen molar-refractivity contribution in [1.29, 1.82) is 0 Å². The summed E-state index contributed by atoms with van der Waals surface area (Å²) in [5.41, 5.74) is 2.36. The quantitative estimate of drug-likeness (QED) is 0.792. The molecule has 1 aromatic heterocycles. The highest BCUT2D eigenvalue weighted by Crippen LogP contribution is 2.29. The van der Waals surface area contributed by atoms with E-state index in [2.05, 4.69) is 26.7 Å². The van der Waals surface area contributed by atoms with Gasteiger partial charge in [0, 0.05) is 50.7 Å². The molecule has 5 nitrogen and oxygen atoms in total. The Morgan fingerprint density at radius 2 is 2.06 bits per heavy atom. The Labute approximate surface area is 108 Å². The van der Waals surface area contributed by atoms with Gasteiger partial charge in [0.2, 0.25) is 5.95 Å². The molecule has 2 aliphatic heterocycles. The molecule has 0 aromatic carbocycles. The summed E-state index contributed by atoms with van der Waals surface area (Å²) in [7, 11) is 2.04. The molecule has 1 fully saturated rings. The monoisotopic (exact) mass is 245 g/mol. The molecule has 0 unspecified atom stereocenters. The van der Waals surface area contributed by atoms with Crippen LogP contribution in [0.3, 0.4) is 0 Å². The molecular formula is C13H19N5. The highest BCUT2D eigenvalue weighted by atomic mass is 15.3. The summed E-state index contributed by atoms with van der Waals surface area (Å²) in [6.45, 7) is 8.04. The zero-order valence-corrected chi connectivity index (χ0v) is 10.8. The number of nitrogens with zero attached hydrogens (tertiary/aromatic N) is 4. The average Bonchev–Trinajstić information content (AvgIpc) is 2.44. The van der Waals surface area contributed by atoms with E-state index in [0.717, 1.165) is 56.5 Å². The van der Waals surface area contributed by atoms with Crippen molar-refractivity contribution in [3.8, 4) is 0 Å². The zero-order valence-electron chi connectivity index (χ0n) is 10.8. The maximum atomic E-state index is 4.72. The van der Waals surface area contributed by atoms with Gasteiger partial charge in [-0.05, 0) is 12.8 Å². The fourth-order valence-electron chi connectivity index (χ4n) is 2.47. The number of rotatable bonds is 1. The lowest BCUT2D eigenvalue weighted by molar-refractivity contribution is 0.579. The van der Waals surface area contributed by atoms with Crippen LogP contribution < -0.4 is 15.1 Å². The molecule has 0 bridgehead atoms.